The molecule has 0 saturated heterocycles. The number of hydrogen-bond acceptors (Lipinski definition) is 4. The maximum absolute atomic E-state index is 5.36. The van der Waals surface area contributed by atoms with Crippen LogP contribution in [-0.2, 0) is 6.42 Å². The van der Waals surface area contributed by atoms with Gasteiger partial charge in [-0.3, -0.25) is 0 Å². The van der Waals surface area contributed by atoms with Gasteiger partial charge in [-0.25, -0.2) is 9.97 Å². The second kappa shape index (κ2) is 5.33. The average molecular weight is 322 g/mol. The summed E-state index contributed by atoms with van der Waals surface area (Å²) in [6, 6.07) is 6.09. The van der Waals surface area contributed by atoms with Crippen LogP contribution in [-0.4, -0.2) is 16.0 Å². The van der Waals surface area contributed by atoms with E-state index >= 15 is 0 Å². The van der Waals surface area contributed by atoms with Gasteiger partial charge in [0.2, 0.25) is 0 Å². The minimum atomic E-state index is 0.264. The Hall–Kier alpha value is -1.36. The minimum absolute atomic E-state index is 0.264. The molecular formula is C14H16BrN3O. The summed E-state index contributed by atoms with van der Waals surface area (Å²) in [5, 5.41) is 3.40. The highest BCUT2D eigenvalue weighted by atomic mass is 79.9. The van der Waals surface area contributed by atoms with Crippen molar-refractivity contribution >= 4 is 21.7 Å². The Kier molecular flexibility index (Phi) is 3.55. The first kappa shape index (κ1) is 12.7. The lowest BCUT2D eigenvalue weighted by atomic mass is 10.2. The quantitative estimate of drug-likeness (QED) is 0.852. The molecule has 1 aliphatic carbocycles. The summed E-state index contributed by atoms with van der Waals surface area (Å²) in [5.74, 6) is 3.36. The highest BCUT2D eigenvalue weighted by Gasteiger charge is 2.27. The van der Waals surface area contributed by atoms with Crippen molar-refractivity contribution in [3.8, 4) is 0 Å². The third-order valence-corrected chi connectivity index (χ3v) is 3.54. The summed E-state index contributed by atoms with van der Waals surface area (Å²) >= 11 is 3.45. The largest absolute Gasteiger partial charge is 0.469 e. The van der Waals surface area contributed by atoms with Gasteiger partial charge in [0.05, 0.1) is 6.26 Å². The number of anilines is 1. The maximum Gasteiger partial charge on any atom is 0.135 e. The summed E-state index contributed by atoms with van der Waals surface area (Å²) < 4.78 is 6.20. The molecule has 1 aliphatic rings. The molecule has 1 N–H and O–H groups in total. The fourth-order valence-corrected chi connectivity index (χ4v) is 2.47. The van der Waals surface area contributed by atoms with Crippen LogP contribution in [0.15, 0.2) is 33.5 Å². The van der Waals surface area contributed by atoms with E-state index in [1.807, 2.05) is 18.2 Å². The lowest BCUT2D eigenvalue weighted by Gasteiger charge is -2.14. The fourth-order valence-electron chi connectivity index (χ4n) is 2.07. The van der Waals surface area contributed by atoms with Crippen molar-refractivity contribution in [3.05, 3.63) is 40.7 Å². The molecule has 0 aromatic carbocycles. The maximum atomic E-state index is 5.36. The first-order valence-electron chi connectivity index (χ1n) is 6.54. The van der Waals surface area contributed by atoms with Gasteiger partial charge in [-0.2, -0.15) is 0 Å². The molecule has 2 aromatic heterocycles. The van der Waals surface area contributed by atoms with Crippen LogP contribution in [0.3, 0.4) is 0 Å². The van der Waals surface area contributed by atoms with Crippen molar-refractivity contribution in [2.24, 2.45) is 0 Å². The molecule has 1 fully saturated rings. The van der Waals surface area contributed by atoms with Gasteiger partial charge < -0.3 is 9.73 Å². The summed E-state index contributed by atoms with van der Waals surface area (Å²) in [5.41, 5.74) is 0. The van der Waals surface area contributed by atoms with E-state index in [2.05, 4.69) is 38.1 Å². The van der Waals surface area contributed by atoms with Crippen molar-refractivity contribution in [2.75, 3.05) is 5.32 Å². The van der Waals surface area contributed by atoms with Gasteiger partial charge in [0.1, 0.15) is 22.0 Å². The number of nitrogens with one attached hydrogen (secondary N) is 1. The van der Waals surface area contributed by atoms with Gasteiger partial charge in [-0.15, -0.1) is 0 Å². The van der Waals surface area contributed by atoms with Crippen LogP contribution in [0.1, 0.15) is 37.3 Å². The molecule has 0 spiro atoms. The molecule has 19 heavy (non-hydrogen) atoms. The van der Waals surface area contributed by atoms with Crippen molar-refractivity contribution in [3.63, 3.8) is 0 Å². The molecule has 0 radical (unpaired) electrons. The molecule has 5 heteroatoms. The Morgan fingerprint density at radius 1 is 1.47 bits per heavy atom. The van der Waals surface area contributed by atoms with Gasteiger partial charge in [-0.05, 0) is 47.8 Å². The number of nitrogens with zero attached hydrogens (tertiary/aromatic N) is 2. The van der Waals surface area contributed by atoms with E-state index in [0.717, 1.165) is 28.4 Å². The van der Waals surface area contributed by atoms with E-state index in [1.165, 1.54) is 12.8 Å². The van der Waals surface area contributed by atoms with E-state index < -0.39 is 0 Å². The number of halogens is 1. The summed E-state index contributed by atoms with van der Waals surface area (Å²) in [6.07, 6.45) is 4.96. The predicted octanol–water partition coefficient (Wildman–Crippen LogP) is 3.75. The van der Waals surface area contributed by atoms with Crippen molar-refractivity contribution < 1.29 is 4.42 Å². The van der Waals surface area contributed by atoms with Crippen molar-refractivity contribution in [1.82, 2.24) is 9.97 Å². The zero-order valence-corrected chi connectivity index (χ0v) is 12.4. The molecule has 2 aromatic rings. The number of furan rings is 1. The Morgan fingerprint density at radius 2 is 2.32 bits per heavy atom. The van der Waals surface area contributed by atoms with Crippen LogP contribution in [0.2, 0.25) is 0 Å². The molecule has 0 amide bonds. The molecule has 4 nitrogen and oxygen atoms in total. The normalized spacial score (nSPS) is 16.3. The third-order valence-electron chi connectivity index (χ3n) is 3.14. The first-order chi connectivity index (χ1) is 9.20. The molecule has 1 saturated carbocycles. The zero-order valence-electron chi connectivity index (χ0n) is 10.8. The molecule has 0 bridgehead atoms. The van der Waals surface area contributed by atoms with E-state index in [9.17, 15) is 0 Å². The van der Waals surface area contributed by atoms with Crippen LogP contribution in [0.25, 0.3) is 0 Å². The molecule has 3 rings (SSSR count). The van der Waals surface area contributed by atoms with Crippen molar-refractivity contribution in [2.45, 2.75) is 38.1 Å². The van der Waals surface area contributed by atoms with Crippen LogP contribution in [0.5, 0.6) is 0 Å². The molecule has 2 heterocycles. The monoisotopic (exact) mass is 321 g/mol. The van der Waals surface area contributed by atoms with Gasteiger partial charge in [0.15, 0.2) is 0 Å². The van der Waals surface area contributed by atoms with E-state index in [-0.39, 0.29) is 6.04 Å². The van der Waals surface area contributed by atoms with E-state index in [4.69, 9.17) is 4.42 Å². The minimum Gasteiger partial charge on any atom is -0.469 e. The van der Waals surface area contributed by atoms with Crippen LogP contribution in [0.4, 0.5) is 5.82 Å². The lowest BCUT2D eigenvalue weighted by Crippen LogP contribution is -2.19. The SMILES string of the molecule is CC(Cc1ccco1)Nc1cc(Br)nc(C2CC2)n1. The molecule has 100 valence electrons. The third kappa shape index (κ3) is 3.35. The second-order valence-electron chi connectivity index (χ2n) is 5.04. The summed E-state index contributed by atoms with van der Waals surface area (Å²) in [7, 11) is 0. The average Bonchev–Trinajstić information content (AvgIpc) is 3.08. The topological polar surface area (TPSA) is 51.0 Å². The predicted molar refractivity (Wildman–Crippen MR) is 77.2 cm³/mol. The van der Waals surface area contributed by atoms with Gasteiger partial charge in [0.25, 0.3) is 0 Å². The zero-order chi connectivity index (χ0) is 13.2. The van der Waals surface area contributed by atoms with E-state index in [0.29, 0.717) is 5.92 Å². The first-order valence-corrected chi connectivity index (χ1v) is 7.33. The molecule has 1 atom stereocenters. The van der Waals surface area contributed by atoms with Gasteiger partial charge in [-0.1, -0.05) is 0 Å². The Bertz CT molecular complexity index is 552. The standard InChI is InChI=1S/C14H16BrN3O/c1-9(7-11-3-2-6-19-11)16-13-8-12(15)17-14(18-13)10-4-5-10/h2-3,6,8-10H,4-5,7H2,1H3,(H,16,17,18). The molecular weight excluding hydrogens is 306 g/mol. The Labute approximate surface area is 120 Å². The second-order valence-corrected chi connectivity index (χ2v) is 5.85. The molecule has 1 unspecified atom stereocenters. The molecule has 0 aliphatic heterocycles. The lowest BCUT2D eigenvalue weighted by molar-refractivity contribution is 0.497. The van der Waals surface area contributed by atoms with Crippen LogP contribution >= 0.6 is 15.9 Å². The van der Waals surface area contributed by atoms with Gasteiger partial charge >= 0.3 is 0 Å². The number of rotatable bonds is 5. The van der Waals surface area contributed by atoms with E-state index in [1.54, 1.807) is 6.26 Å². The Balaban J connectivity index is 1.68. The van der Waals surface area contributed by atoms with Crippen molar-refractivity contribution in [1.29, 1.82) is 0 Å². The summed E-state index contributed by atoms with van der Waals surface area (Å²) in [4.78, 5) is 9.01. The smallest absolute Gasteiger partial charge is 0.135 e. The highest BCUT2D eigenvalue weighted by molar-refractivity contribution is 9.10. The number of aromatic nitrogens is 2. The van der Waals surface area contributed by atoms with Gasteiger partial charge in [0, 0.05) is 24.4 Å². The fraction of sp³-hybridized carbons (Fsp3) is 0.429. The van der Waals surface area contributed by atoms with Crippen LogP contribution in [0, 0.1) is 0 Å². The number of hydrogen-bond donors (Lipinski definition) is 1. The Morgan fingerprint density at radius 3 is 3.00 bits per heavy atom. The highest BCUT2D eigenvalue weighted by Crippen LogP contribution is 2.38. The van der Waals surface area contributed by atoms with Crippen LogP contribution < -0.4 is 5.32 Å². The summed E-state index contributed by atoms with van der Waals surface area (Å²) in [6.45, 7) is 2.12.